The second kappa shape index (κ2) is 9.51. The molecule has 104 valence electrons. The highest BCUT2D eigenvalue weighted by molar-refractivity contribution is 5.37. The molecule has 0 atom stereocenters. The molecule has 0 bridgehead atoms. The van der Waals surface area contributed by atoms with Crippen molar-refractivity contribution >= 4 is 0 Å². The molecule has 0 amide bonds. The van der Waals surface area contributed by atoms with Crippen molar-refractivity contribution in [2.24, 2.45) is 0 Å². The maximum absolute atomic E-state index is 9.11. The Bertz CT molecular complexity index is 401. The topological polar surface area (TPSA) is 45.5 Å². The van der Waals surface area contributed by atoms with Gasteiger partial charge in [0.15, 0.2) is 0 Å². The van der Waals surface area contributed by atoms with Crippen LogP contribution in [0.1, 0.15) is 17.5 Å². The fraction of sp³-hybridized carbons (Fsp3) is 0.533. The lowest BCUT2D eigenvalue weighted by Gasteiger charge is -2.22. The number of nitriles is 1. The van der Waals surface area contributed by atoms with Crippen molar-refractivity contribution in [3.05, 3.63) is 35.4 Å². The SMILES string of the molecule is COCCCN(CCOC)Cc1ccccc1C#N. The molecule has 4 heteroatoms. The summed E-state index contributed by atoms with van der Waals surface area (Å²) in [4.78, 5) is 2.29. The molecule has 1 aromatic carbocycles. The van der Waals surface area contributed by atoms with Gasteiger partial charge >= 0.3 is 0 Å². The molecule has 0 spiro atoms. The van der Waals surface area contributed by atoms with Crippen molar-refractivity contribution in [2.75, 3.05) is 40.5 Å². The van der Waals surface area contributed by atoms with Gasteiger partial charge in [0.25, 0.3) is 0 Å². The first kappa shape index (κ1) is 15.6. The second-order valence-corrected chi connectivity index (χ2v) is 4.38. The van der Waals surface area contributed by atoms with Gasteiger partial charge in [-0.05, 0) is 18.1 Å². The lowest BCUT2D eigenvalue weighted by atomic mass is 10.1. The summed E-state index contributed by atoms with van der Waals surface area (Å²) in [5.41, 5.74) is 1.81. The molecule has 1 aromatic rings. The molecule has 0 saturated carbocycles. The Labute approximate surface area is 115 Å². The number of ether oxygens (including phenoxy) is 2. The van der Waals surface area contributed by atoms with Crippen LogP contribution < -0.4 is 0 Å². The molecule has 0 aliphatic carbocycles. The lowest BCUT2D eigenvalue weighted by Crippen LogP contribution is -2.29. The average molecular weight is 262 g/mol. The molecule has 0 saturated heterocycles. The molecular formula is C15H22N2O2. The zero-order valence-electron chi connectivity index (χ0n) is 11.8. The smallest absolute Gasteiger partial charge is 0.0995 e. The number of benzene rings is 1. The summed E-state index contributed by atoms with van der Waals surface area (Å²) in [5, 5.41) is 9.11. The van der Waals surface area contributed by atoms with Gasteiger partial charge in [0, 0.05) is 40.5 Å². The minimum Gasteiger partial charge on any atom is -0.385 e. The van der Waals surface area contributed by atoms with Crippen molar-refractivity contribution in [3.8, 4) is 6.07 Å². The van der Waals surface area contributed by atoms with Crippen LogP contribution in [0.25, 0.3) is 0 Å². The maximum atomic E-state index is 9.11. The van der Waals surface area contributed by atoms with Gasteiger partial charge in [-0.1, -0.05) is 18.2 Å². The van der Waals surface area contributed by atoms with E-state index in [1.165, 1.54) is 0 Å². The first-order chi connectivity index (χ1) is 9.31. The van der Waals surface area contributed by atoms with Crippen molar-refractivity contribution in [1.82, 2.24) is 4.90 Å². The molecule has 0 fully saturated rings. The normalized spacial score (nSPS) is 10.6. The first-order valence-corrected chi connectivity index (χ1v) is 6.50. The standard InChI is InChI=1S/C15H22N2O2/c1-18-10-5-8-17(9-11-19-2)13-15-7-4-3-6-14(15)12-16/h3-4,6-7H,5,8-11,13H2,1-2H3. The number of hydrogen-bond acceptors (Lipinski definition) is 4. The molecule has 0 aromatic heterocycles. The van der Waals surface area contributed by atoms with E-state index in [1.807, 2.05) is 24.3 Å². The summed E-state index contributed by atoms with van der Waals surface area (Å²) in [6, 6.07) is 9.98. The molecule has 4 nitrogen and oxygen atoms in total. The van der Waals surface area contributed by atoms with Crippen LogP contribution in [-0.4, -0.2) is 45.4 Å². The van der Waals surface area contributed by atoms with Gasteiger partial charge in [0.2, 0.25) is 0 Å². The predicted octanol–water partition coefficient (Wildman–Crippen LogP) is 2.04. The molecule has 0 heterocycles. The van der Waals surface area contributed by atoms with Crippen LogP contribution in [0.5, 0.6) is 0 Å². The van der Waals surface area contributed by atoms with Crippen molar-refractivity contribution in [1.29, 1.82) is 5.26 Å². The van der Waals surface area contributed by atoms with Crippen LogP contribution in [0.15, 0.2) is 24.3 Å². The second-order valence-electron chi connectivity index (χ2n) is 4.38. The zero-order chi connectivity index (χ0) is 13.9. The number of rotatable bonds is 9. The number of methoxy groups -OCH3 is 2. The van der Waals surface area contributed by atoms with E-state index in [9.17, 15) is 0 Å². The summed E-state index contributed by atoms with van der Waals surface area (Å²) in [5.74, 6) is 0. The van der Waals surface area contributed by atoms with E-state index < -0.39 is 0 Å². The van der Waals surface area contributed by atoms with E-state index in [-0.39, 0.29) is 0 Å². The Morgan fingerprint density at radius 3 is 2.53 bits per heavy atom. The highest BCUT2D eigenvalue weighted by atomic mass is 16.5. The van der Waals surface area contributed by atoms with Gasteiger partial charge < -0.3 is 9.47 Å². The fourth-order valence-electron chi connectivity index (χ4n) is 1.93. The predicted molar refractivity (Wildman–Crippen MR) is 74.8 cm³/mol. The van der Waals surface area contributed by atoms with E-state index in [0.29, 0.717) is 6.61 Å². The average Bonchev–Trinajstić information content (AvgIpc) is 2.45. The Balaban J connectivity index is 2.61. The van der Waals surface area contributed by atoms with Gasteiger partial charge in [0.1, 0.15) is 0 Å². The molecule has 1 rings (SSSR count). The molecule has 0 unspecified atom stereocenters. The number of hydrogen-bond donors (Lipinski definition) is 0. The van der Waals surface area contributed by atoms with Gasteiger partial charge in [0.05, 0.1) is 18.2 Å². The molecular weight excluding hydrogens is 240 g/mol. The lowest BCUT2D eigenvalue weighted by molar-refractivity contribution is 0.129. The van der Waals surface area contributed by atoms with Gasteiger partial charge in [-0.2, -0.15) is 5.26 Å². The minimum atomic E-state index is 0.696. The van der Waals surface area contributed by atoms with Crippen molar-refractivity contribution in [2.45, 2.75) is 13.0 Å². The molecule has 0 aliphatic heterocycles. The van der Waals surface area contributed by atoms with Crippen LogP contribution in [0, 0.1) is 11.3 Å². The Hall–Kier alpha value is -1.41. The summed E-state index contributed by atoms with van der Waals surface area (Å²) in [6.45, 7) is 4.03. The Morgan fingerprint density at radius 2 is 1.84 bits per heavy atom. The third-order valence-electron chi connectivity index (χ3n) is 2.97. The van der Waals surface area contributed by atoms with Crippen molar-refractivity contribution in [3.63, 3.8) is 0 Å². The molecule has 0 radical (unpaired) electrons. The van der Waals surface area contributed by atoms with Gasteiger partial charge in [-0.3, -0.25) is 4.90 Å². The summed E-state index contributed by atoms with van der Waals surface area (Å²) < 4.78 is 10.2. The summed E-state index contributed by atoms with van der Waals surface area (Å²) in [7, 11) is 3.42. The monoisotopic (exact) mass is 262 g/mol. The molecule has 0 N–H and O–H groups in total. The number of nitrogens with zero attached hydrogens (tertiary/aromatic N) is 2. The highest BCUT2D eigenvalue weighted by Gasteiger charge is 2.08. The summed E-state index contributed by atoms with van der Waals surface area (Å²) >= 11 is 0. The third kappa shape index (κ3) is 5.84. The minimum absolute atomic E-state index is 0.696. The van der Waals surface area contributed by atoms with Crippen molar-refractivity contribution < 1.29 is 9.47 Å². The Morgan fingerprint density at radius 1 is 1.11 bits per heavy atom. The van der Waals surface area contributed by atoms with E-state index in [1.54, 1.807) is 14.2 Å². The van der Waals surface area contributed by atoms with E-state index in [4.69, 9.17) is 14.7 Å². The van der Waals surface area contributed by atoms with Crippen LogP contribution in [0.3, 0.4) is 0 Å². The van der Waals surface area contributed by atoms with Gasteiger partial charge in [-0.25, -0.2) is 0 Å². The first-order valence-electron chi connectivity index (χ1n) is 6.50. The molecule has 19 heavy (non-hydrogen) atoms. The van der Waals surface area contributed by atoms with Crippen LogP contribution >= 0.6 is 0 Å². The Kier molecular flexibility index (Phi) is 7.83. The van der Waals surface area contributed by atoms with E-state index >= 15 is 0 Å². The van der Waals surface area contributed by atoms with E-state index in [0.717, 1.165) is 43.8 Å². The highest BCUT2D eigenvalue weighted by Crippen LogP contribution is 2.11. The van der Waals surface area contributed by atoms with Gasteiger partial charge in [-0.15, -0.1) is 0 Å². The largest absolute Gasteiger partial charge is 0.385 e. The third-order valence-corrected chi connectivity index (χ3v) is 2.97. The summed E-state index contributed by atoms with van der Waals surface area (Å²) in [6.07, 6.45) is 0.981. The quantitative estimate of drug-likeness (QED) is 0.639. The van der Waals surface area contributed by atoms with Crippen LogP contribution in [0.4, 0.5) is 0 Å². The maximum Gasteiger partial charge on any atom is 0.0995 e. The fourth-order valence-corrected chi connectivity index (χ4v) is 1.93. The van der Waals surface area contributed by atoms with E-state index in [2.05, 4.69) is 11.0 Å². The molecule has 0 aliphatic rings. The zero-order valence-corrected chi connectivity index (χ0v) is 11.8. The van der Waals surface area contributed by atoms with Crippen LogP contribution in [0.2, 0.25) is 0 Å². The van der Waals surface area contributed by atoms with Crippen LogP contribution in [-0.2, 0) is 16.0 Å².